The van der Waals surface area contributed by atoms with Gasteiger partial charge in [-0.25, -0.2) is 18.5 Å². The van der Waals surface area contributed by atoms with Crippen molar-refractivity contribution in [2.75, 3.05) is 23.3 Å². The van der Waals surface area contributed by atoms with Crippen LogP contribution in [0.3, 0.4) is 0 Å². The van der Waals surface area contributed by atoms with Crippen LogP contribution in [-0.4, -0.2) is 31.5 Å². The van der Waals surface area contributed by atoms with Crippen molar-refractivity contribution in [1.29, 1.82) is 0 Å². The molecule has 0 spiro atoms. The molecule has 0 saturated carbocycles. The van der Waals surface area contributed by atoms with Gasteiger partial charge in [-0.2, -0.15) is 4.98 Å². The predicted octanol–water partition coefficient (Wildman–Crippen LogP) is 2.29. The molecule has 0 amide bonds. The van der Waals surface area contributed by atoms with Gasteiger partial charge in [-0.1, -0.05) is 19.1 Å². The first-order valence-corrected chi connectivity index (χ1v) is 10.5. The number of aryl methyl sites for hydroxylation is 1. The van der Waals surface area contributed by atoms with Crippen LogP contribution in [0.5, 0.6) is 0 Å². The Morgan fingerprint density at radius 3 is 2.42 bits per heavy atom. The van der Waals surface area contributed by atoms with Crippen molar-refractivity contribution in [1.82, 2.24) is 9.97 Å². The minimum Gasteiger partial charge on any atom is -0.366 e. The topological polar surface area (TPSA) is 101 Å². The zero-order chi connectivity index (χ0) is 18.6. The molecular weight excluding hydrogens is 350 g/mol. The van der Waals surface area contributed by atoms with Crippen molar-refractivity contribution in [3.8, 4) is 0 Å². The highest BCUT2D eigenvalue weighted by molar-refractivity contribution is 7.89. The van der Waals surface area contributed by atoms with Crippen LogP contribution in [0.15, 0.2) is 35.2 Å². The van der Waals surface area contributed by atoms with Crippen molar-refractivity contribution in [3.63, 3.8) is 0 Å². The number of primary sulfonamides is 1. The average molecular weight is 375 g/mol. The fourth-order valence-corrected chi connectivity index (χ4v) is 3.50. The van der Waals surface area contributed by atoms with Gasteiger partial charge in [0.25, 0.3) is 0 Å². The fraction of sp³-hybridized carbons (Fsp3) is 0.444. The van der Waals surface area contributed by atoms with Crippen LogP contribution in [-0.2, 0) is 23.0 Å². The van der Waals surface area contributed by atoms with Crippen LogP contribution in [0.2, 0.25) is 0 Å². The summed E-state index contributed by atoms with van der Waals surface area (Å²) in [6.07, 6.45) is 4.47. The third-order valence-electron chi connectivity index (χ3n) is 4.49. The number of anilines is 2. The van der Waals surface area contributed by atoms with E-state index in [9.17, 15) is 8.42 Å². The molecule has 3 rings (SSSR count). The third kappa shape index (κ3) is 4.70. The van der Waals surface area contributed by atoms with Crippen molar-refractivity contribution < 1.29 is 8.42 Å². The fourth-order valence-electron chi connectivity index (χ4n) is 2.98. The number of sulfonamides is 1. The Kier molecular flexibility index (Phi) is 5.73. The Balaban J connectivity index is 1.72. The zero-order valence-corrected chi connectivity index (χ0v) is 15.8. The number of hydrogen-bond donors (Lipinski definition) is 2. The van der Waals surface area contributed by atoms with Gasteiger partial charge in [-0.15, -0.1) is 0 Å². The number of nitrogens with one attached hydrogen (secondary N) is 1. The monoisotopic (exact) mass is 375 g/mol. The van der Waals surface area contributed by atoms with E-state index in [-0.39, 0.29) is 4.90 Å². The molecule has 0 radical (unpaired) electrons. The molecule has 2 aromatic rings. The molecule has 0 bridgehead atoms. The average Bonchev–Trinajstić information content (AvgIpc) is 2.66. The van der Waals surface area contributed by atoms with Crippen molar-refractivity contribution in [3.05, 3.63) is 41.6 Å². The zero-order valence-electron chi connectivity index (χ0n) is 15.0. The highest BCUT2D eigenvalue weighted by Gasteiger charge is 2.15. The predicted molar refractivity (Wildman–Crippen MR) is 103 cm³/mol. The van der Waals surface area contributed by atoms with Crippen LogP contribution < -0.4 is 15.4 Å². The molecular formula is C18H25N5O2S. The lowest BCUT2D eigenvalue weighted by atomic mass is 10.1. The molecule has 26 heavy (non-hydrogen) atoms. The van der Waals surface area contributed by atoms with Crippen molar-refractivity contribution >= 4 is 21.8 Å². The van der Waals surface area contributed by atoms with E-state index >= 15 is 0 Å². The molecule has 0 unspecified atom stereocenters. The molecule has 8 heteroatoms. The largest absolute Gasteiger partial charge is 0.366 e. The minimum absolute atomic E-state index is 0.115. The van der Waals surface area contributed by atoms with Gasteiger partial charge in [0.15, 0.2) is 0 Å². The number of piperidine rings is 1. The Bertz CT molecular complexity index is 846. The van der Waals surface area contributed by atoms with Crippen LogP contribution in [0.25, 0.3) is 0 Å². The summed E-state index contributed by atoms with van der Waals surface area (Å²) in [7, 11) is -3.66. The SMILES string of the molecule is CCc1cc(NCc2ccc(S(N)(=O)=O)cc2)nc(N2CCCCC2)n1. The van der Waals surface area contributed by atoms with E-state index < -0.39 is 10.0 Å². The van der Waals surface area contributed by atoms with Gasteiger partial charge in [0.2, 0.25) is 16.0 Å². The van der Waals surface area contributed by atoms with Gasteiger partial charge in [0.1, 0.15) is 5.82 Å². The first-order chi connectivity index (χ1) is 12.5. The van der Waals surface area contributed by atoms with Crippen molar-refractivity contribution in [2.45, 2.75) is 44.0 Å². The summed E-state index contributed by atoms with van der Waals surface area (Å²) in [4.78, 5) is 11.7. The number of benzene rings is 1. The second-order valence-electron chi connectivity index (χ2n) is 6.49. The van der Waals surface area contributed by atoms with E-state index in [0.29, 0.717) is 6.54 Å². The highest BCUT2D eigenvalue weighted by atomic mass is 32.2. The third-order valence-corrected chi connectivity index (χ3v) is 5.42. The molecule has 1 saturated heterocycles. The summed E-state index contributed by atoms with van der Waals surface area (Å²) in [5.74, 6) is 1.57. The second kappa shape index (κ2) is 8.01. The number of hydrogen-bond acceptors (Lipinski definition) is 6. The molecule has 2 heterocycles. The van der Waals surface area contributed by atoms with Crippen LogP contribution >= 0.6 is 0 Å². The molecule has 1 aromatic carbocycles. The van der Waals surface area contributed by atoms with Gasteiger partial charge >= 0.3 is 0 Å². The summed E-state index contributed by atoms with van der Waals surface area (Å²) in [5, 5.41) is 8.44. The standard InChI is InChI=1S/C18H25N5O2S/c1-2-15-12-17(22-18(21-15)23-10-4-3-5-11-23)20-13-14-6-8-16(9-7-14)26(19,24)25/h6-9,12H,2-5,10-11,13H2,1H3,(H2,19,24,25)(H,20,21,22). The molecule has 7 nitrogen and oxygen atoms in total. The summed E-state index contributed by atoms with van der Waals surface area (Å²) >= 11 is 0. The molecule has 0 aliphatic carbocycles. The first kappa shape index (κ1) is 18.6. The first-order valence-electron chi connectivity index (χ1n) is 8.94. The second-order valence-corrected chi connectivity index (χ2v) is 8.05. The van der Waals surface area contributed by atoms with Gasteiger partial charge < -0.3 is 10.2 Å². The van der Waals surface area contributed by atoms with E-state index in [4.69, 9.17) is 5.14 Å². The van der Waals surface area contributed by atoms with Crippen LogP contribution in [0.4, 0.5) is 11.8 Å². The molecule has 1 fully saturated rings. The molecule has 1 aromatic heterocycles. The van der Waals surface area contributed by atoms with E-state index in [1.807, 2.05) is 6.07 Å². The van der Waals surface area contributed by atoms with E-state index in [0.717, 1.165) is 42.5 Å². The summed E-state index contributed by atoms with van der Waals surface area (Å²) in [6.45, 7) is 4.63. The maximum absolute atomic E-state index is 11.3. The summed E-state index contributed by atoms with van der Waals surface area (Å²) in [6, 6.07) is 8.50. The molecule has 0 atom stereocenters. The van der Waals surface area contributed by atoms with Gasteiger partial charge in [-0.3, -0.25) is 0 Å². The molecule has 1 aliphatic rings. The minimum atomic E-state index is -3.66. The Morgan fingerprint density at radius 1 is 1.12 bits per heavy atom. The lowest BCUT2D eigenvalue weighted by Crippen LogP contribution is -2.31. The summed E-state index contributed by atoms with van der Waals surface area (Å²) < 4.78 is 22.6. The number of rotatable bonds is 6. The van der Waals surface area contributed by atoms with E-state index in [2.05, 4.69) is 27.1 Å². The number of nitrogens with two attached hydrogens (primary N) is 1. The Labute approximate surface area is 154 Å². The van der Waals surface area contributed by atoms with Gasteiger partial charge in [-0.05, 0) is 43.4 Å². The molecule has 140 valence electrons. The molecule has 3 N–H and O–H groups in total. The lowest BCUT2D eigenvalue weighted by molar-refractivity contribution is 0.567. The quantitative estimate of drug-likeness (QED) is 0.803. The van der Waals surface area contributed by atoms with E-state index in [1.165, 1.54) is 31.4 Å². The number of aromatic nitrogens is 2. The smallest absolute Gasteiger partial charge is 0.238 e. The Hall–Kier alpha value is -2.19. The maximum Gasteiger partial charge on any atom is 0.238 e. The summed E-state index contributed by atoms with van der Waals surface area (Å²) in [5.41, 5.74) is 1.96. The number of nitrogens with zero attached hydrogens (tertiary/aromatic N) is 3. The lowest BCUT2D eigenvalue weighted by Gasteiger charge is -2.27. The maximum atomic E-state index is 11.3. The van der Waals surface area contributed by atoms with Crippen LogP contribution in [0.1, 0.15) is 37.4 Å². The van der Waals surface area contributed by atoms with Crippen molar-refractivity contribution in [2.24, 2.45) is 5.14 Å². The highest BCUT2D eigenvalue weighted by Crippen LogP contribution is 2.19. The normalized spacial score (nSPS) is 15.1. The van der Waals surface area contributed by atoms with E-state index in [1.54, 1.807) is 12.1 Å². The molecule has 1 aliphatic heterocycles. The van der Waals surface area contributed by atoms with Gasteiger partial charge in [0, 0.05) is 31.4 Å². The Morgan fingerprint density at radius 2 is 1.81 bits per heavy atom. The van der Waals surface area contributed by atoms with Crippen LogP contribution in [0, 0.1) is 0 Å². The van der Waals surface area contributed by atoms with Gasteiger partial charge in [0.05, 0.1) is 4.90 Å².